The average Bonchev–Trinajstić information content (AvgIpc) is 3.30. The summed E-state index contributed by atoms with van der Waals surface area (Å²) in [6.45, 7) is 4.30. The highest BCUT2D eigenvalue weighted by atomic mass is 16.5. The maximum absolute atomic E-state index is 9.89. The number of aliphatic hydroxyl groups is 1. The van der Waals surface area contributed by atoms with Crippen LogP contribution in [-0.4, -0.2) is 56.0 Å². The number of aromatic nitrogens is 4. The number of hydrogen-bond acceptors (Lipinski definition) is 5. The maximum Gasteiger partial charge on any atom is 0.290 e. The largest absolute Gasteiger partial charge is 0.483 e. The van der Waals surface area contributed by atoms with Gasteiger partial charge in [-0.1, -0.05) is 13.3 Å². The first-order valence-corrected chi connectivity index (χ1v) is 9.00. The third-order valence-electron chi connectivity index (χ3n) is 4.75. The number of aromatic amines is 1. The molecule has 0 atom stereocenters. The summed E-state index contributed by atoms with van der Waals surface area (Å²) in [4.78, 5) is 20.7. The first kappa shape index (κ1) is 20.1. The third kappa shape index (κ3) is 5.15. The Kier molecular flexibility index (Phi) is 7.80. The monoisotopic (exact) mass is 364 g/mol. The van der Waals surface area contributed by atoms with Gasteiger partial charge in [0.05, 0.1) is 12.8 Å². The topological polar surface area (TPSA) is 113 Å². The second kappa shape index (κ2) is 10.1. The molecule has 0 amide bonds. The van der Waals surface area contributed by atoms with E-state index in [1.807, 2.05) is 18.6 Å². The Morgan fingerprint density at radius 1 is 1.38 bits per heavy atom. The van der Waals surface area contributed by atoms with Crippen LogP contribution in [-0.2, 0) is 22.5 Å². The van der Waals surface area contributed by atoms with Crippen LogP contribution >= 0.6 is 0 Å². The Bertz CT molecular complexity index is 662. The number of imidazole rings is 2. The predicted octanol–water partition coefficient (Wildman–Crippen LogP) is 2.11. The van der Waals surface area contributed by atoms with Gasteiger partial charge in [0.2, 0.25) is 0 Å². The minimum atomic E-state index is -0.250. The van der Waals surface area contributed by atoms with E-state index < -0.39 is 0 Å². The first-order valence-electron chi connectivity index (χ1n) is 9.00. The van der Waals surface area contributed by atoms with Crippen LogP contribution in [0.1, 0.15) is 38.4 Å². The van der Waals surface area contributed by atoms with Gasteiger partial charge in [-0.15, -0.1) is 0 Å². The molecule has 0 aliphatic carbocycles. The van der Waals surface area contributed by atoms with E-state index in [2.05, 4.69) is 26.4 Å². The highest BCUT2D eigenvalue weighted by Gasteiger charge is 2.33. The van der Waals surface area contributed by atoms with Gasteiger partial charge >= 0.3 is 0 Å². The highest BCUT2D eigenvalue weighted by Crippen LogP contribution is 2.33. The number of nitrogens with zero attached hydrogens (tertiary/aromatic N) is 3. The number of carboxylic acid groups (broad SMARTS) is 1. The molecular formula is C18H28N4O4. The van der Waals surface area contributed by atoms with Gasteiger partial charge in [0, 0.05) is 44.0 Å². The molecule has 0 unspecified atom stereocenters. The van der Waals surface area contributed by atoms with Crippen LogP contribution in [0.2, 0.25) is 0 Å². The van der Waals surface area contributed by atoms with Crippen LogP contribution in [0.25, 0.3) is 11.5 Å². The van der Waals surface area contributed by atoms with E-state index in [1.54, 1.807) is 0 Å². The number of hydrogen-bond donors (Lipinski definition) is 3. The fraction of sp³-hybridized carbons (Fsp3) is 0.611. The molecule has 3 heterocycles. The van der Waals surface area contributed by atoms with E-state index in [0.29, 0.717) is 0 Å². The van der Waals surface area contributed by atoms with Crippen molar-refractivity contribution < 1.29 is 19.7 Å². The van der Waals surface area contributed by atoms with Crippen molar-refractivity contribution in [2.24, 2.45) is 5.41 Å². The van der Waals surface area contributed by atoms with E-state index in [9.17, 15) is 5.11 Å². The van der Waals surface area contributed by atoms with Crippen LogP contribution in [0.5, 0.6) is 0 Å². The van der Waals surface area contributed by atoms with Gasteiger partial charge in [-0.2, -0.15) is 0 Å². The Labute approximate surface area is 153 Å². The molecule has 8 heteroatoms. The number of carbonyl (C=O) groups is 1. The van der Waals surface area contributed by atoms with Crippen molar-refractivity contribution in [1.82, 2.24) is 19.5 Å². The Morgan fingerprint density at radius 3 is 2.77 bits per heavy atom. The van der Waals surface area contributed by atoms with E-state index in [1.165, 1.54) is 0 Å². The maximum atomic E-state index is 9.89. The summed E-state index contributed by atoms with van der Waals surface area (Å²) in [5.41, 5.74) is 0.833. The van der Waals surface area contributed by atoms with Gasteiger partial charge in [-0.25, -0.2) is 9.97 Å². The van der Waals surface area contributed by atoms with Gasteiger partial charge in [-0.05, 0) is 19.3 Å². The summed E-state index contributed by atoms with van der Waals surface area (Å²) >= 11 is 0. The quantitative estimate of drug-likeness (QED) is 0.649. The zero-order valence-corrected chi connectivity index (χ0v) is 15.2. The second-order valence-electron chi connectivity index (χ2n) is 6.60. The molecule has 1 saturated heterocycles. The van der Waals surface area contributed by atoms with Crippen LogP contribution in [0.4, 0.5) is 0 Å². The minimum absolute atomic E-state index is 0.112. The van der Waals surface area contributed by atoms with Crippen LogP contribution in [0, 0.1) is 5.41 Å². The van der Waals surface area contributed by atoms with Gasteiger partial charge in [0.25, 0.3) is 6.47 Å². The lowest BCUT2D eigenvalue weighted by Crippen LogP contribution is -2.37. The van der Waals surface area contributed by atoms with Gasteiger partial charge in [0.15, 0.2) is 5.82 Å². The molecule has 0 saturated carbocycles. The van der Waals surface area contributed by atoms with Gasteiger partial charge in [0.1, 0.15) is 11.5 Å². The molecule has 3 N–H and O–H groups in total. The molecule has 0 bridgehead atoms. The molecule has 3 rings (SSSR count). The number of nitrogens with one attached hydrogen (secondary N) is 1. The minimum Gasteiger partial charge on any atom is -0.483 e. The molecule has 2 aromatic heterocycles. The predicted molar refractivity (Wildman–Crippen MR) is 96.7 cm³/mol. The number of aliphatic hydroxyl groups excluding tert-OH is 1. The summed E-state index contributed by atoms with van der Waals surface area (Å²) in [5.74, 6) is 1.90. The number of ether oxygens (including phenoxy) is 1. The molecule has 2 aromatic rings. The molecule has 8 nitrogen and oxygen atoms in total. The van der Waals surface area contributed by atoms with Crippen molar-refractivity contribution in [2.75, 3.05) is 19.8 Å². The second-order valence-corrected chi connectivity index (χ2v) is 6.60. The van der Waals surface area contributed by atoms with Crippen molar-refractivity contribution in [1.29, 1.82) is 0 Å². The van der Waals surface area contributed by atoms with Crippen LogP contribution < -0.4 is 0 Å². The average molecular weight is 364 g/mol. The molecule has 0 aromatic carbocycles. The number of unbranched alkanes of at least 4 members (excludes halogenated alkanes) is 1. The standard InChI is InChI=1S/C17H26N4O2.CH2O2/c1-2-3-4-15-19-11-14(20-15)16-18-7-8-21(16)12-17(13-22)5-9-23-10-6-17;2-1-3/h7-8,11,22H,2-6,9-10,12-13H2,1H3,(H,19,20);1H,(H,2,3). The molecule has 0 spiro atoms. The molecule has 144 valence electrons. The molecule has 0 radical (unpaired) electrons. The zero-order chi connectivity index (χ0) is 18.8. The van der Waals surface area contributed by atoms with Crippen molar-refractivity contribution in [3.8, 4) is 11.5 Å². The number of aryl methyl sites for hydroxylation is 1. The lowest BCUT2D eigenvalue weighted by molar-refractivity contribution is -0.122. The van der Waals surface area contributed by atoms with Crippen molar-refractivity contribution in [3.05, 3.63) is 24.4 Å². The normalized spacial score (nSPS) is 15.9. The molecule has 1 aliphatic rings. The Hall–Kier alpha value is -2.19. The van der Waals surface area contributed by atoms with E-state index in [4.69, 9.17) is 14.6 Å². The molecule has 1 aliphatic heterocycles. The van der Waals surface area contributed by atoms with Crippen LogP contribution in [0.15, 0.2) is 18.6 Å². The van der Waals surface area contributed by atoms with Crippen molar-refractivity contribution in [2.45, 2.75) is 45.6 Å². The fourth-order valence-electron chi connectivity index (χ4n) is 3.16. The lowest BCUT2D eigenvalue weighted by Gasteiger charge is -2.36. The SMILES string of the molecule is CCCCc1ncc(-c2nccn2CC2(CO)CCOCC2)[nH]1.O=CO. The summed E-state index contributed by atoms with van der Waals surface area (Å²) in [5, 5.41) is 16.8. The van der Waals surface area contributed by atoms with Crippen molar-refractivity contribution >= 4 is 6.47 Å². The van der Waals surface area contributed by atoms with Crippen molar-refractivity contribution in [3.63, 3.8) is 0 Å². The summed E-state index contributed by atoms with van der Waals surface area (Å²) < 4.78 is 7.57. The Morgan fingerprint density at radius 2 is 2.12 bits per heavy atom. The smallest absolute Gasteiger partial charge is 0.290 e. The summed E-state index contributed by atoms with van der Waals surface area (Å²) in [7, 11) is 0. The molecule has 1 fully saturated rings. The number of rotatable bonds is 7. The van der Waals surface area contributed by atoms with Gasteiger partial charge < -0.3 is 24.5 Å². The summed E-state index contributed by atoms with van der Waals surface area (Å²) in [6.07, 6.45) is 10.7. The molecular weight excluding hydrogens is 336 g/mol. The van der Waals surface area contributed by atoms with E-state index in [-0.39, 0.29) is 18.5 Å². The van der Waals surface area contributed by atoms with Crippen LogP contribution in [0.3, 0.4) is 0 Å². The fourth-order valence-corrected chi connectivity index (χ4v) is 3.16. The zero-order valence-electron chi connectivity index (χ0n) is 15.2. The van der Waals surface area contributed by atoms with E-state index in [0.717, 1.165) is 69.2 Å². The highest BCUT2D eigenvalue weighted by molar-refractivity contribution is 5.48. The lowest BCUT2D eigenvalue weighted by atomic mass is 9.81. The van der Waals surface area contributed by atoms with E-state index >= 15 is 0 Å². The first-order chi connectivity index (χ1) is 12.7. The third-order valence-corrected chi connectivity index (χ3v) is 4.75. The Balaban J connectivity index is 0.000000758. The van der Waals surface area contributed by atoms with Gasteiger partial charge in [-0.3, -0.25) is 4.79 Å². The number of H-pyrrole nitrogens is 1. The molecule has 26 heavy (non-hydrogen) atoms. The summed E-state index contributed by atoms with van der Waals surface area (Å²) in [6, 6.07) is 0.